The third-order valence-corrected chi connectivity index (χ3v) is 7.36. The van der Waals surface area contributed by atoms with Crippen LogP contribution in [0.25, 0.3) is 33.5 Å². The molecule has 4 aromatic carbocycles. The highest BCUT2D eigenvalue weighted by atomic mass is 16.5. The number of allylic oxidation sites excluding steroid dienone is 1. The van der Waals surface area contributed by atoms with E-state index in [9.17, 15) is 4.79 Å². The van der Waals surface area contributed by atoms with Gasteiger partial charge in [0.1, 0.15) is 17.9 Å². The first-order valence-corrected chi connectivity index (χ1v) is 14.7. The Balaban J connectivity index is 1.44. The summed E-state index contributed by atoms with van der Waals surface area (Å²) in [5.41, 5.74) is 4.67. The van der Waals surface area contributed by atoms with Gasteiger partial charge in [0.25, 0.3) is 5.56 Å². The summed E-state index contributed by atoms with van der Waals surface area (Å²) in [6.45, 7) is 8.75. The highest BCUT2D eigenvalue weighted by Gasteiger charge is 2.18. The molecule has 0 bridgehead atoms. The number of furan rings is 1. The number of ether oxygens (including phenoxy) is 3. The van der Waals surface area contributed by atoms with Crippen molar-refractivity contribution in [2.75, 3.05) is 13.7 Å². The van der Waals surface area contributed by atoms with Crippen LogP contribution in [0.2, 0.25) is 0 Å². The van der Waals surface area contributed by atoms with Gasteiger partial charge >= 0.3 is 0 Å². The number of hydrogen-bond donors (Lipinski definition) is 0. The van der Waals surface area contributed by atoms with E-state index in [-0.39, 0.29) is 11.4 Å². The van der Waals surface area contributed by atoms with E-state index in [0.29, 0.717) is 59.1 Å². The van der Waals surface area contributed by atoms with E-state index in [4.69, 9.17) is 23.6 Å². The predicted molar refractivity (Wildman–Crippen MR) is 178 cm³/mol. The maximum atomic E-state index is 13.8. The highest BCUT2D eigenvalue weighted by Crippen LogP contribution is 2.35. The lowest BCUT2D eigenvalue weighted by atomic mass is 10.1. The first kappa shape index (κ1) is 29.4. The maximum absolute atomic E-state index is 13.8. The minimum atomic E-state index is -0.325. The normalized spacial score (nSPS) is 11.4. The molecule has 0 amide bonds. The third-order valence-electron chi connectivity index (χ3n) is 7.36. The lowest BCUT2D eigenvalue weighted by molar-refractivity contribution is 0.267. The molecule has 0 N–H and O–H groups in total. The molecule has 0 unspecified atom stereocenters. The van der Waals surface area contributed by atoms with Crippen LogP contribution < -0.4 is 19.8 Å². The summed E-state index contributed by atoms with van der Waals surface area (Å²) >= 11 is 0. The first-order chi connectivity index (χ1) is 22.0. The Morgan fingerprint density at radius 1 is 0.956 bits per heavy atom. The van der Waals surface area contributed by atoms with E-state index >= 15 is 0 Å². The summed E-state index contributed by atoms with van der Waals surface area (Å²) < 4.78 is 25.3. The Kier molecular flexibility index (Phi) is 8.46. The Labute approximate surface area is 260 Å². The van der Waals surface area contributed by atoms with Crippen LogP contribution in [0.5, 0.6) is 17.2 Å². The standard InChI is InChI=1S/C37H33N3O5/c1-5-10-27-19-26(20-33(43-6-2)35(27)44-23-25-17-15-24(3)16-18-25)22-38-40-36(39-30-12-8-7-11-28(30)37(40)41)34-21-29-31(42-4)13-9-14-32(29)45-34/h5,7-9,11-22H,1,6,10,23H2,2-4H3. The van der Waals surface area contributed by atoms with Crippen molar-refractivity contribution in [3.63, 3.8) is 0 Å². The zero-order chi connectivity index (χ0) is 31.3. The topological polar surface area (TPSA) is 88.1 Å². The van der Waals surface area contributed by atoms with Gasteiger partial charge in [0, 0.05) is 5.56 Å². The average molecular weight is 600 g/mol. The molecule has 0 aliphatic carbocycles. The number of hydrogen-bond acceptors (Lipinski definition) is 7. The molecule has 226 valence electrons. The van der Waals surface area contributed by atoms with Gasteiger partial charge in [-0.3, -0.25) is 4.79 Å². The van der Waals surface area contributed by atoms with E-state index in [1.807, 2.05) is 55.5 Å². The number of rotatable bonds is 11. The van der Waals surface area contributed by atoms with Crippen LogP contribution >= 0.6 is 0 Å². The molecule has 2 heterocycles. The first-order valence-electron chi connectivity index (χ1n) is 14.7. The second kappa shape index (κ2) is 12.9. The number of fused-ring (bicyclic) bond motifs is 2. The molecule has 0 spiro atoms. The van der Waals surface area contributed by atoms with E-state index in [1.54, 1.807) is 31.5 Å². The summed E-state index contributed by atoms with van der Waals surface area (Å²) in [6.07, 6.45) is 3.98. The SMILES string of the molecule is C=CCc1cc(C=Nn2c(-c3cc4c(OC)cccc4o3)nc3ccccc3c2=O)cc(OCC)c1OCc1ccc(C)cc1. The van der Waals surface area contributed by atoms with Gasteiger partial charge in [0.05, 0.1) is 36.2 Å². The van der Waals surface area contributed by atoms with Gasteiger partial charge in [-0.15, -0.1) is 6.58 Å². The van der Waals surface area contributed by atoms with E-state index in [1.165, 1.54) is 10.2 Å². The van der Waals surface area contributed by atoms with Gasteiger partial charge in [-0.05, 0) is 73.9 Å². The summed E-state index contributed by atoms with van der Waals surface area (Å²) in [5, 5.41) is 5.86. The summed E-state index contributed by atoms with van der Waals surface area (Å²) in [5.74, 6) is 2.54. The van der Waals surface area contributed by atoms with Crippen molar-refractivity contribution in [3.8, 4) is 28.8 Å². The lowest BCUT2D eigenvalue weighted by Crippen LogP contribution is -2.20. The molecule has 0 radical (unpaired) electrons. The second-order valence-corrected chi connectivity index (χ2v) is 10.5. The maximum Gasteiger partial charge on any atom is 0.282 e. The number of methoxy groups -OCH3 is 1. The zero-order valence-corrected chi connectivity index (χ0v) is 25.4. The Morgan fingerprint density at radius 3 is 2.56 bits per heavy atom. The molecule has 45 heavy (non-hydrogen) atoms. The van der Waals surface area contributed by atoms with Crippen LogP contribution in [0.4, 0.5) is 0 Å². The predicted octanol–water partition coefficient (Wildman–Crippen LogP) is 7.72. The van der Waals surface area contributed by atoms with Gasteiger partial charge in [-0.1, -0.05) is 54.1 Å². The molecule has 0 saturated heterocycles. The molecule has 0 atom stereocenters. The number of benzene rings is 4. The summed E-state index contributed by atoms with van der Waals surface area (Å²) in [4.78, 5) is 18.6. The Hall–Kier alpha value is -5.63. The van der Waals surface area contributed by atoms with Crippen molar-refractivity contribution >= 4 is 28.1 Å². The van der Waals surface area contributed by atoms with Crippen LogP contribution in [0.15, 0.2) is 112 Å². The number of nitrogens with zero attached hydrogens (tertiary/aromatic N) is 3. The molecule has 8 nitrogen and oxygen atoms in total. The van der Waals surface area contributed by atoms with E-state index in [2.05, 4.69) is 42.9 Å². The minimum Gasteiger partial charge on any atom is -0.496 e. The van der Waals surface area contributed by atoms with Crippen LogP contribution in [-0.4, -0.2) is 29.6 Å². The molecule has 2 aromatic heterocycles. The van der Waals surface area contributed by atoms with Crippen LogP contribution in [-0.2, 0) is 13.0 Å². The van der Waals surface area contributed by atoms with Crippen molar-refractivity contribution < 1.29 is 18.6 Å². The van der Waals surface area contributed by atoms with Crippen molar-refractivity contribution in [1.29, 1.82) is 0 Å². The fourth-order valence-corrected chi connectivity index (χ4v) is 5.17. The number of aromatic nitrogens is 2. The summed E-state index contributed by atoms with van der Waals surface area (Å²) in [6, 6.07) is 26.6. The van der Waals surface area contributed by atoms with Crippen LogP contribution in [0.1, 0.15) is 29.2 Å². The number of para-hydroxylation sites is 1. The van der Waals surface area contributed by atoms with Crippen molar-refractivity contribution in [2.24, 2.45) is 5.10 Å². The minimum absolute atomic E-state index is 0.266. The lowest BCUT2D eigenvalue weighted by Gasteiger charge is -2.17. The van der Waals surface area contributed by atoms with E-state index < -0.39 is 0 Å². The smallest absolute Gasteiger partial charge is 0.282 e. The molecule has 0 fully saturated rings. The molecule has 0 aliphatic rings. The van der Waals surface area contributed by atoms with Gasteiger partial charge in [0.2, 0.25) is 5.82 Å². The highest BCUT2D eigenvalue weighted by molar-refractivity contribution is 5.89. The Morgan fingerprint density at radius 2 is 1.78 bits per heavy atom. The molecule has 0 aliphatic heterocycles. The molecule has 6 rings (SSSR count). The Bertz CT molecular complexity index is 2090. The average Bonchev–Trinajstić information content (AvgIpc) is 3.50. The second-order valence-electron chi connectivity index (χ2n) is 10.5. The molecule has 8 heteroatoms. The van der Waals surface area contributed by atoms with Gasteiger partial charge in [0.15, 0.2) is 17.3 Å². The van der Waals surface area contributed by atoms with Crippen molar-refractivity contribution in [1.82, 2.24) is 9.66 Å². The monoisotopic (exact) mass is 599 g/mol. The van der Waals surface area contributed by atoms with Gasteiger partial charge in [-0.2, -0.15) is 9.78 Å². The van der Waals surface area contributed by atoms with Crippen LogP contribution in [0, 0.1) is 6.92 Å². The van der Waals surface area contributed by atoms with Crippen molar-refractivity contribution in [2.45, 2.75) is 26.9 Å². The fraction of sp³-hybridized carbons (Fsp3) is 0.162. The zero-order valence-electron chi connectivity index (χ0n) is 25.4. The number of aryl methyl sites for hydroxylation is 1. The van der Waals surface area contributed by atoms with Gasteiger partial charge in [-0.25, -0.2) is 4.98 Å². The largest absolute Gasteiger partial charge is 0.496 e. The van der Waals surface area contributed by atoms with Gasteiger partial charge < -0.3 is 18.6 Å². The molecular weight excluding hydrogens is 566 g/mol. The molecular formula is C37H33N3O5. The fourth-order valence-electron chi connectivity index (χ4n) is 5.17. The quantitative estimate of drug-likeness (QED) is 0.112. The van der Waals surface area contributed by atoms with Crippen LogP contribution in [0.3, 0.4) is 0 Å². The molecule has 0 saturated carbocycles. The molecule has 6 aromatic rings. The van der Waals surface area contributed by atoms with E-state index in [0.717, 1.165) is 22.1 Å². The van der Waals surface area contributed by atoms with Crippen molar-refractivity contribution in [3.05, 3.63) is 130 Å². The third kappa shape index (κ3) is 6.08. The summed E-state index contributed by atoms with van der Waals surface area (Å²) in [7, 11) is 1.60.